The van der Waals surface area contributed by atoms with E-state index < -0.39 is 29.6 Å². The Bertz CT molecular complexity index is 911. The van der Waals surface area contributed by atoms with Crippen molar-refractivity contribution in [1.29, 1.82) is 0 Å². The molecule has 2 heterocycles. The second kappa shape index (κ2) is 7.14. The molecule has 1 unspecified atom stereocenters. The van der Waals surface area contributed by atoms with Crippen LogP contribution in [0.5, 0.6) is 5.75 Å². The molecule has 1 aromatic carbocycles. The highest BCUT2D eigenvalue weighted by atomic mass is 19.1. The molecule has 3 aromatic rings. The number of anilines is 1. The molecule has 0 aliphatic carbocycles. The quantitative estimate of drug-likeness (QED) is 0.660. The number of halogens is 1. The summed E-state index contributed by atoms with van der Waals surface area (Å²) in [5.41, 5.74) is -0.118. The zero-order valence-electron chi connectivity index (χ0n) is 13.0. The first kappa shape index (κ1) is 16.7. The third kappa shape index (κ3) is 3.51. The van der Waals surface area contributed by atoms with E-state index in [1.807, 2.05) is 0 Å². The molecule has 3 N–H and O–H groups in total. The van der Waals surface area contributed by atoms with E-state index in [1.165, 1.54) is 24.3 Å². The van der Waals surface area contributed by atoms with Gasteiger partial charge in [-0.05, 0) is 29.8 Å². The Labute approximate surface area is 142 Å². The molecule has 0 spiro atoms. The number of aromatic hydroxyl groups is 1. The summed E-state index contributed by atoms with van der Waals surface area (Å²) in [7, 11) is 0. The van der Waals surface area contributed by atoms with Crippen LogP contribution in [0.1, 0.15) is 22.9 Å². The largest absolute Gasteiger partial charge is 0.502 e. The van der Waals surface area contributed by atoms with Gasteiger partial charge >= 0.3 is 0 Å². The third-order valence-electron chi connectivity index (χ3n) is 3.68. The number of hydrogen-bond donors (Lipinski definition) is 3. The summed E-state index contributed by atoms with van der Waals surface area (Å²) >= 11 is 0. The molecular formula is C18H15FN2O4. The van der Waals surface area contributed by atoms with Gasteiger partial charge in [-0.2, -0.15) is 0 Å². The lowest BCUT2D eigenvalue weighted by molar-refractivity contribution is 0.238. The number of nitrogens with zero attached hydrogens (tertiary/aromatic N) is 1. The van der Waals surface area contributed by atoms with Crippen molar-refractivity contribution >= 4 is 5.82 Å². The van der Waals surface area contributed by atoms with Crippen LogP contribution in [0.2, 0.25) is 0 Å². The molecule has 7 heteroatoms. The Balaban J connectivity index is 2.16. The van der Waals surface area contributed by atoms with Crippen LogP contribution in [0, 0.1) is 5.82 Å². The molecular weight excluding hydrogens is 327 g/mol. The lowest BCUT2D eigenvalue weighted by atomic mass is 9.97. The van der Waals surface area contributed by atoms with Gasteiger partial charge in [-0.25, -0.2) is 9.37 Å². The molecule has 0 bridgehead atoms. The van der Waals surface area contributed by atoms with Crippen molar-refractivity contribution in [2.75, 3.05) is 5.32 Å². The van der Waals surface area contributed by atoms with Crippen molar-refractivity contribution < 1.29 is 19.0 Å². The van der Waals surface area contributed by atoms with Crippen LogP contribution in [0.3, 0.4) is 0 Å². The molecule has 2 aromatic heterocycles. The van der Waals surface area contributed by atoms with Crippen molar-refractivity contribution in [1.82, 2.24) is 4.98 Å². The van der Waals surface area contributed by atoms with Gasteiger partial charge in [-0.15, -0.1) is 0 Å². The smallest absolute Gasteiger partial charge is 0.232 e. The average molecular weight is 342 g/mol. The Hall–Kier alpha value is -3.19. The van der Waals surface area contributed by atoms with E-state index in [-0.39, 0.29) is 11.3 Å². The summed E-state index contributed by atoms with van der Waals surface area (Å²) in [5, 5.41) is 22.3. The second-order valence-corrected chi connectivity index (χ2v) is 5.29. The fraction of sp³-hybridized carbons (Fsp3) is 0.111. The van der Waals surface area contributed by atoms with Crippen molar-refractivity contribution in [2.24, 2.45) is 0 Å². The van der Waals surface area contributed by atoms with E-state index in [0.29, 0.717) is 11.4 Å². The number of rotatable bonds is 5. The Morgan fingerprint density at radius 2 is 1.96 bits per heavy atom. The molecule has 0 saturated carbocycles. The van der Waals surface area contributed by atoms with Crippen molar-refractivity contribution in [3.8, 4) is 5.75 Å². The molecule has 0 fully saturated rings. The monoisotopic (exact) mass is 342 g/mol. The molecule has 0 saturated heterocycles. The molecule has 6 nitrogen and oxygen atoms in total. The summed E-state index contributed by atoms with van der Waals surface area (Å²) < 4.78 is 18.4. The number of aliphatic hydroxyl groups excluding tert-OH is 1. The van der Waals surface area contributed by atoms with Gasteiger partial charge in [0.05, 0.1) is 11.6 Å². The number of benzene rings is 1. The number of pyridine rings is 1. The maximum Gasteiger partial charge on any atom is 0.232 e. The van der Waals surface area contributed by atoms with Crippen LogP contribution >= 0.6 is 0 Å². The van der Waals surface area contributed by atoms with Gasteiger partial charge in [0, 0.05) is 6.20 Å². The maximum atomic E-state index is 13.3. The van der Waals surface area contributed by atoms with Gasteiger partial charge in [-0.1, -0.05) is 18.2 Å². The van der Waals surface area contributed by atoms with Crippen LogP contribution in [-0.4, -0.2) is 15.2 Å². The summed E-state index contributed by atoms with van der Waals surface area (Å²) in [6.45, 7) is -0.535. The number of nitrogens with one attached hydrogen (secondary N) is 1. The first-order valence-corrected chi connectivity index (χ1v) is 7.47. The molecule has 0 aliphatic rings. The molecule has 0 radical (unpaired) electrons. The van der Waals surface area contributed by atoms with E-state index in [1.54, 1.807) is 24.4 Å². The van der Waals surface area contributed by atoms with E-state index >= 15 is 0 Å². The van der Waals surface area contributed by atoms with Crippen molar-refractivity contribution in [2.45, 2.75) is 12.6 Å². The van der Waals surface area contributed by atoms with Gasteiger partial charge in [0.15, 0.2) is 5.75 Å². The molecule has 25 heavy (non-hydrogen) atoms. The first-order valence-electron chi connectivity index (χ1n) is 7.47. The van der Waals surface area contributed by atoms with E-state index in [4.69, 9.17) is 4.42 Å². The summed E-state index contributed by atoms with van der Waals surface area (Å²) in [5.74, 6) is -0.545. The molecule has 128 valence electrons. The highest BCUT2D eigenvalue weighted by Crippen LogP contribution is 2.28. The summed E-state index contributed by atoms with van der Waals surface area (Å²) in [6.07, 6.45) is 2.45. The fourth-order valence-electron chi connectivity index (χ4n) is 2.50. The minimum atomic E-state index is -0.805. The van der Waals surface area contributed by atoms with Crippen LogP contribution in [-0.2, 0) is 6.61 Å². The zero-order valence-corrected chi connectivity index (χ0v) is 13.0. The van der Waals surface area contributed by atoms with Gasteiger partial charge < -0.3 is 19.9 Å². The SMILES string of the molecule is O=c1c(O)coc(CO)c1C(Nc1ccccn1)c1ccc(F)cc1. The molecule has 1 atom stereocenters. The van der Waals surface area contributed by atoms with Gasteiger partial charge in [0.25, 0.3) is 0 Å². The van der Waals surface area contributed by atoms with Crippen LogP contribution in [0.25, 0.3) is 0 Å². The van der Waals surface area contributed by atoms with E-state index in [2.05, 4.69) is 10.3 Å². The topological polar surface area (TPSA) is 95.6 Å². The molecule has 0 amide bonds. The third-order valence-corrected chi connectivity index (χ3v) is 3.68. The van der Waals surface area contributed by atoms with E-state index in [0.717, 1.165) is 6.26 Å². The normalized spacial score (nSPS) is 11.9. The highest BCUT2D eigenvalue weighted by Gasteiger charge is 2.24. The summed E-state index contributed by atoms with van der Waals surface area (Å²) in [6, 6.07) is 9.90. The predicted octanol–water partition coefficient (Wildman–Crippen LogP) is 2.57. The van der Waals surface area contributed by atoms with Crippen molar-refractivity contribution in [3.05, 3.63) is 87.9 Å². The first-order chi connectivity index (χ1) is 12.1. The van der Waals surface area contributed by atoms with Crippen LogP contribution < -0.4 is 10.7 Å². The lowest BCUT2D eigenvalue weighted by Gasteiger charge is -2.21. The molecule has 3 rings (SSSR count). The average Bonchev–Trinajstić information content (AvgIpc) is 2.64. The standard InChI is InChI=1S/C18H15FN2O4/c19-12-6-4-11(5-7-12)17(21-15-3-1-2-8-20-15)16-14(9-22)25-10-13(23)18(16)24/h1-8,10,17,22-23H,9H2,(H,20,21). The molecule has 0 aliphatic heterocycles. The highest BCUT2D eigenvalue weighted by molar-refractivity contribution is 5.46. The van der Waals surface area contributed by atoms with Gasteiger partial charge in [-0.3, -0.25) is 4.79 Å². The minimum Gasteiger partial charge on any atom is -0.502 e. The number of hydrogen-bond acceptors (Lipinski definition) is 6. The number of aliphatic hydroxyl groups is 1. The Morgan fingerprint density at radius 3 is 2.60 bits per heavy atom. The fourth-order valence-corrected chi connectivity index (χ4v) is 2.50. The predicted molar refractivity (Wildman–Crippen MR) is 88.7 cm³/mol. The van der Waals surface area contributed by atoms with E-state index in [9.17, 15) is 19.4 Å². The second-order valence-electron chi connectivity index (χ2n) is 5.29. The van der Waals surface area contributed by atoms with Crippen LogP contribution in [0.4, 0.5) is 10.2 Å². The lowest BCUT2D eigenvalue weighted by Crippen LogP contribution is -2.23. The van der Waals surface area contributed by atoms with Gasteiger partial charge in [0.1, 0.15) is 30.3 Å². The number of aromatic nitrogens is 1. The maximum absolute atomic E-state index is 13.3. The van der Waals surface area contributed by atoms with Crippen LogP contribution in [0.15, 0.2) is 64.1 Å². The summed E-state index contributed by atoms with van der Waals surface area (Å²) in [4.78, 5) is 16.6. The Kier molecular flexibility index (Phi) is 4.76. The van der Waals surface area contributed by atoms with Gasteiger partial charge in [0.2, 0.25) is 5.43 Å². The minimum absolute atomic E-state index is 0.000515. The zero-order chi connectivity index (χ0) is 17.8. The van der Waals surface area contributed by atoms with Crippen molar-refractivity contribution in [3.63, 3.8) is 0 Å². The Morgan fingerprint density at radius 1 is 1.20 bits per heavy atom.